The number of aromatic carboxylic acids is 1. The Bertz CT molecular complexity index is 433. The minimum absolute atomic E-state index is 0.218. The van der Waals surface area contributed by atoms with Crippen molar-refractivity contribution in [2.24, 2.45) is 0 Å². The van der Waals surface area contributed by atoms with E-state index in [1.54, 1.807) is 12.3 Å². The van der Waals surface area contributed by atoms with Gasteiger partial charge < -0.3 is 10.4 Å². The minimum atomic E-state index is -0.957. The number of carbonyl (C=O) groups is 1. The second-order valence-corrected chi connectivity index (χ2v) is 5.23. The lowest BCUT2D eigenvalue weighted by molar-refractivity contribution is 0.0692. The number of carboxylic acids is 1. The van der Waals surface area contributed by atoms with Crippen molar-refractivity contribution in [3.63, 3.8) is 0 Å². The van der Waals surface area contributed by atoms with Crippen LogP contribution in [0.25, 0.3) is 0 Å². The van der Waals surface area contributed by atoms with E-state index in [-0.39, 0.29) is 5.56 Å². The van der Waals surface area contributed by atoms with Gasteiger partial charge in [-0.15, -0.1) is 22.0 Å². The van der Waals surface area contributed by atoms with E-state index in [0.29, 0.717) is 16.9 Å². The number of rotatable bonds is 4. The molecule has 2 N–H and O–H groups in total. The largest absolute Gasteiger partial charge is 0.478 e. The molecule has 5 nitrogen and oxygen atoms in total. The highest BCUT2D eigenvalue weighted by molar-refractivity contribution is 7.98. The first-order valence-corrected chi connectivity index (χ1v) is 7.34. The summed E-state index contributed by atoms with van der Waals surface area (Å²) >= 11 is 1.30. The first-order chi connectivity index (χ1) is 8.70. The predicted octanol–water partition coefficient (Wildman–Crippen LogP) is 2.64. The van der Waals surface area contributed by atoms with Gasteiger partial charge in [-0.2, -0.15) is 0 Å². The zero-order valence-corrected chi connectivity index (χ0v) is 11.2. The van der Waals surface area contributed by atoms with Crippen molar-refractivity contribution in [2.45, 2.75) is 43.2 Å². The highest BCUT2D eigenvalue weighted by Gasteiger charge is 2.17. The number of nitrogens with one attached hydrogen (secondary N) is 1. The summed E-state index contributed by atoms with van der Waals surface area (Å²) in [6, 6.07) is 1.98. The summed E-state index contributed by atoms with van der Waals surface area (Å²) < 4.78 is 0. The molecule has 0 amide bonds. The zero-order valence-electron chi connectivity index (χ0n) is 10.3. The van der Waals surface area contributed by atoms with Crippen molar-refractivity contribution in [3.8, 4) is 0 Å². The zero-order chi connectivity index (χ0) is 13.0. The molecule has 2 rings (SSSR count). The first-order valence-electron chi connectivity index (χ1n) is 6.12. The summed E-state index contributed by atoms with van der Waals surface area (Å²) in [4.78, 5) is 11.1. The normalized spacial score (nSPS) is 16.5. The van der Waals surface area contributed by atoms with Gasteiger partial charge >= 0.3 is 5.97 Å². The molecule has 1 aromatic rings. The molecule has 0 unspecified atom stereocenters. The summed E-state index contributed by atoms with van der Waals surface area (Å²) in [7, 11) is 0. The van der Waals surface area contributed by atoms with Crippen LogP contribution in [-0.2, 0) is 0 Å². The van der Waals surface area contributed by atoms with Crippen molar-refractivity contribution in [1.82, 2.24) is 10.2 Å². The van der Waals surface area contributed by atoms with Gasteiger partial charge in [0, 0.05) is 6.04 Å². The maximum Gasteiger partial charge on any atom is 0.338 e. The van der Waals surface area contributed by atoms with Crippen molar-refractivity contribution in [2.75, 3.05) is 11.6 Å². The van der Waals surface area contributed by atoms with E-state index in [9.17, 15) is 4.79 Å². The lowest BCUT2D eigenvalue weighted by Crippen LogP contribution is -2.23. The molecule has 1 fully saturated rings. The van der Waals surface area contributed by atoms with Crippen LogP contribution in [0.2, 0.25) is 0 Å². The van der Waals surface area contributed by atoms with E-state index < -0.39 is 5.97 Å². The van der Waals surface area contributed by atoms with Crippen LogP contribution < -0.4 is 5.32 Å². The van der Waals surface area contributed by atoms with Gasteiger partial charge in [-0.3, -0.25) is 0 Å². The smallest absolute Gasteiger partial charge is 0.338 e. The molecule has 6 heteroatoms. The lowest BCUT2D eigenvalue weighted by Gasteiger charge is -2.23. The number of carboxylic acid groups (broad SMARTS) is 1. The maximum absolute atomic E-state index is 11.1. The van der Waals surface area contributed by atoms with Crippen LogP contribution in [0.4, 0.5) is 5.82 Å². The van der Waals surface area contributed by atoms with Crippen LogP contribution in [0.1, 0.15) is 42.5 Å². The molecule has 1 heterocycles. The average molecular weight is 267 g/mol. The highest BCUT2D eigenvalue weighted by atomic mass is 32.2. The highest BCUT2D eigenvalue weighted by Crippen LogP contribution is 2.23. The Morgan fingerprint density at radius 1 is 1.39 bits per heavy atom. The molecule has 1 aliphatic carbocycles. The SMILES string of the molecule is CSc1nnc(NC2CCCCC2)cc1C(=O)O. The Morgan fingerprint density at radius 3 is 2.72 bits per heavy atom. The number of hydrogen-bond acceptors (Lipinski definition) is 5. The third-order valence-electron chi connectivity index (χ3n) is 3.14. The molecule has 0 saturated heterocycles. The van der Waals surface area contributed by atoms with Crippen LogP contribution in [0.5, 0.6) is 0 Å². The monoisotopic (exact) mass is 267 g/mol. The van der Waals surface area contributed by atoms with Crippen LogP contribution >= 0.6 is 11.8 Å². The van der Waals surface area contributed by atoms with Crippen molar-refractivity contribution >= 4 is 23.5 Å². The Hall–Kier alpha value is -1.30. The van der Waals surface area contributed by atoms with Crippen LogP contribution in [0.15, 0.2) is 11.1 Å². The van der Waals surface area contributed by atoms with Crippen LogP contribution in [0, 0.1) is 0 Å². The van der Waals surface area contributed by atoms with Crippen LogP contribution in [0.3, 0.4) is 0 Å². The molecular formula is C12H17N3O2S. The molecule has 0 spiro atoms. The molecular weight excluding hydrogens is 250 g/mol. The van der Waals surface area contributed by atoms with Crippen molar-refractivity contribution in [1.29, 1.82) is 0 Å². The molecule has 0 bridgehead atoms. The van der Waals surface area contributed by atoms with E-state index in [1.807, 2.05) is 0 Å². The number of hydrogen-bond donors (Lipinski definition) is 2. The Balaban J connectivity index is 2.13. The van der Waals surface area contributed by atoms with E-state index in [1.165, 1.54) is 31.0 Å². The predicted molar refractivity (Wildman–Crippen MR) is 71.3 cm³/mol. The fraction of sp³-hybridized carbons (Fsp3) is 0.583. The van der Waals surface area contributed by atoms with E-state index in [2.05, 4.69) is 15.5 Å². The van der Waals surface area contributed by atoms with Gasteiger partial charge in [0.15, 0.2) is 0 Å². The summed E-state index contributed by atoms with van der Waals surface area (Å²) in [6.07, 6.45) is 7.77. The molecule has 1 saturated carbocycles. The van der Waals surface area contributed by atoms with Crippen LogP contribution in [-0.4, -0.2) is 33.6 Å². The molecule has 1 aromatic heterocycles. The minimum Gasteiger partial charge on any atom is -0.478 e. The van der Waals surface area contributed by atoms with E-state index >= 15 is 0 Å². The van der Waals surface area contributed by atoms with Gasteiger partial charge in [0.05, 0.1) is 5.56 Å². The molecule has 98 valence electrons. The lowest BCUT2D eigenvalue weighted by atomic mass is 9.95. The van der Waals surface area contributed by atoms with Crippen molar-refractivity contribution < 1.29 is 9.90 Å². The number of nitrogens with zero attached hydrogens (tertiary/aromatic N) is 2. The standard InChI is InChI=1S/C12H17N3O2S/c1-18-11-9(12(16)17)7-10(14-15-11)13-8-5-3-2-4-6-8/h7-8H,2-6H2,1H3,(H,13,14)(H,16,17). The van der Waals surface area contributed by atoms with Gasteiger partial charge in [-0.05, 0) is 25.2 Å². The molecule has 0 aliphatic heterocycles. The van der Waals surface area contributed by atoms with Gasteiger partial charge in [-0.25, -0.2) is 4.79 Å². The number of aromatic nitrogens is 2. The maximum atomic E-state index is 11.1. The molecule has 0 radical (unpaired) electrons. The third-order valence-corrected chi connectivity index (χ3v) is 3.83. The van der Waals surface area contributed by atoms with E-state index in [4.69, 9.17) is 5.11 Å². The molecule has 0 aromatic carbocycles. The number of thioether (sulfide) groups is 1. The first kappa shape index (κ1) is 13.1. The van der Waals surface area contributed by atoms with Crippen molar-refractivity contribution in [3.05, 3.63) is 11.6 Å². The quantitative estimate of drug-likeness (QED) is 0.817. The third kappa shape index (κ3) is 3.13. The number of anilines is 1. The molecule has 1 aliphatic rings. The van der Waals surface area contributed by atoms with Gasteiger partial charge in [-0.1, -0.05) is 19.3 Å². The summed E-state index contributed by atoms with van der Waals surface area (Å²) in [5.41, 5.74) is 0.218. The fourth-order valence-corrected chi connectivity index (χ4v) is 2.70. The second-order valence-electron chi connectivity index (χ2n) is 4.44. The van der Waals surface area contributed by atoms with Gasteiger partial charge in [0.1, 0.15) is 10.8 Å². The topological polar surface area (TPSA) is 75.1 Å². The Kier molecular flexibility index (Phi) is 4.41. The van der Waals surface area contributed by atoms with E-state index in [0.717, 1.165) is 12.8 Å². The Morgan fingerprint density at radius 2 is 2.11 bits per heavy atom. The second kappa shape index (κ2) is 6.04. The summed E-state index contributed by atoms with van der Waals surface area (Å²) in [5, 5.41) is 20.8. The van der Waals surface area contributed by atoms with Gasteiger partial charge in [0.2, 0.25) is 0 Å². The average Bonchev–Trinajstić information content (AvgIpc) is 2.40. The Labute approximate surface area is 110 Å². The summed E-state index contributed by atoms with van der Waals surface area (Å²) in [5.74, 6) is -0.391. The summed E-state index contributed by atoms with van der Waals surface area (Å²) in [6.45, 7) is 0. The fourth-order valence-electron chi connectivity index (χ4n) is 2.21. The van der Waals surface area contributed by atoms with Gasteiger partial charge in [0.25, 0.3) is 0 Å². The molecule has 0 atom stereocenters. The molecule has 18 heavy (non-hydrogen) atoms.